The van der Waals surface area contributed by atoms with Crippen molar-refractivity contribution in [2.24, 2.45) is 16.6 Å². The molecule has 0 bridgehead atoms. The van der Waals surface area contributed by atoms with Crippen molar-refractivity contribution >= 4 is 60.4 Å². The van der Waals surface area contributed by atoms with Crippen LogP contribution in [0.5, 0.6) is 0 Å². The van der Waals surface area contributed by atoms with Crippen LogP contribution in [0.15, 0.2) is 117 Å². The van der Waals surface area contributed by atoms with Crippen molar-refractivity contribution in [3.05, 3.63) is 140 Å². The smallest absolute Gasteiger partial charge is 0.257 e. The van der Waals surface area contributed by atoms with Gasteiger partial charge in [-0.2, -0.15) is 0 Å². The van der Waals surface area contributed by atoms with Crippen LogP contribution in [-0.4, -0.2) is 167 Å². The number of aldehydes is 4. The Morgan fingerprint density at radius 3 is 2.01 bits per heavy atom. The van der Waals surface area contributed by atoms with E-state index in [9.17, 15) is 57.4 Å². The molecule has 3 aliphatic rings. The van der Waals surface area contributed by atoms with E-state index in [0.29, 0.717) is 79.6 Å². The van der Waals surface area contributed by atoms with Crippen molar-refractivity contribution in [3.63, 3.8) is 0 Å². The van der Waals surface area contributed by atoms with Crippen molar-refractivity contribution in [1.82, 2.24) is 46.4 Å². The van der Waals surface area contributed by atoms with Gasteiger partial charge in [0.1, 0.15) is 37.4 Å². The van der Waals surface area contributed by atoms with Gasteiger partial charge in [0.15, 0.2) is 6.29 Å². The number of halogens is 1. The van der Waals surface area contributed by atoms with Crippen molar-refractivity contribution in [2.75, 3.05) is 87.4 Å². The number of aliphatic hydroxyl groups is 1. The van der Waals surface area contributed by atoms with E-state index < -0.39 is 17.5 Å². The van der Waals surface area contributed by atoms with Gasteiger partial charge in [-0.05, 0) is 84.0 Å². The second-order valence-corrected chi connectivity index (χ2v) is 18.5. The molecule has 26 heteroatoms. The number of ether oxygens (including phenoxy) is 2. The number of hydrogen-bond donors (Lipinski definition) is 9. The van der Waals surface area contributed by atoms with Crippen molar-refractivity contribution in [3.8, 4) is 0 Å². The number of rotatable bonds is 31. The first-order chi connectivity index (χ1) is 41.3. The zero-order valence-electron chi connectivity index (χ0n) is 50.8. The third-order valence-corrected chi connectivity index (χ3v) is 11.7. The van der Waals surface area contributed by atoms with E-state index in [1.54, 1.807) is 40.3 Å². The lowest BCUT2D eigenvalue weighted by atomic mass is 9.95. The number of benzene rings is 1. The van der Waals surface area contributed by atoms with Gasteiger partial charge in [-0.3, -0.25) is 44.0 Å². The lowest BCUT2D eigenvalue weighted by Crippen LogP contribution is -2.33. The molecule has 2 aromatic rings. The number of nitrogens with one attached hydrogen (secondary N) is 6. The molecular weight excluding hydrogens is 1120 g/mol. The number of methoxy groups -OCH3 is 1. The molecule has 5 amide bonds. The average Bonchev–Trinajstić information content (AvgIpc) is 1.84. The predicted molar refractivity (Wildman–Crippen MR) is 327 cm³/mol. The fourth-order valence-electron chi connectivity index (χ4n) is 7.56. The summed E-state index contributed by atoms with van der Waals surface area (Å²) in [5, 5.41) is 27.4. The minimum atomic E-state index is -1.54. The first-order valence-corrected chi connectivity index (χ1v) is 27.8. The third kappa shape index (κ3) is 31.1. The number of aryl methyl sites for hydroxylation is 1. The van der Waals surface area contributed by atoms with Crippen LogP contribution in [0, 0.1) is 6.92 Å². The number of aromatic nitrogens is 1. The Morgan fingerprint density at radius 1 is 0.884 bits per heavy atom. The highest BCUT2D eigenvalue weighted by atomic mass is 19.1. The maximum absolute atomic E-state index is 14.9. The normalized spacial score (nSPS) is 13.7. The van der Waals surface area contributed by atoms with Gasteiger partial charge in [-0.1, -0.05) is 68.8 Å². The largest absolute Gasteiger partial charge is 0.401 e. The molecule has 5 rings (SSSR count). The molecule has 86 heavy (non-hydrogen) atoms. The molecule has 1 aromatic carbocycles. The van der Waals surface area contributed by atoms with E-state index in [-0.39, 0.29) is 106 Å². The minimum Gasteiger partial charge on any atom is -0.401 e. The van der Waals surface area contributed by atoms with Crippen molar-refractivity contribution in [2.45, 2.75) is 91.9 Å². The summed E-state index contributed by atoms with van der Waals surface area (Å²) in [6.45, 7) is 13.4. The zero-order valence-corrected chi connectivity index (χ0v) is 50.8. The molecule has 0 saturated heterocycles. The van der Waals surface area contributed by atoms with Gasteiger partial charge in [-0.15, -0.1) is 0 Å². The van der Waals surface area contributed by atoms with E-state index in [0.717, 1.165) is 36.7 Å². The van der Waals surface area contributed by atoms with Crippen molar-refractivity contribution < 1.29 is 62.1 Å². The lowest BCUT2D eigenvalue weighted by molar-refractivity contribution is -0.137. The minimum absolute atomic E-state index is 0.0442. The monoisotopic (exact) mass is 1200 g/mol. The first kappa shape index (κ1) is 77.8. The average molecular weight is 1210 g/mol. The van der Waals surface area contributed by atoms with Crippen LogP contribution >= 0.6 is 0 Å². The Bertz CT molecular complexity index is 2720. The molecule has 0 saturated carbocycles. The number of aliphatic hydroxyl groups excluding tert-OH is 1. The van der Waals surface area contributed by atoms with Gasteiger partial charge in [0.2, 0.25) is 17.7 Å². The number of hydrazine groups is 1. The van der Waals surface area contributed by atoms with Crippen LogP contribution in [-0.2, 0) is 65.8 Å². The Morgan fingerprint density at radius 2 is 1.50 bits per heavy atom. The molecule has 474 valence electrons. The molecule has 3 aliphatic heterocycles. The molecule has 11 N–H and O–H groups in total. The van der Waals surface area contributed by atoms with Gasteiger partial charge >= 0.3 is 0 Å². The number of pyridine rings is 1. The van der Waals surface area contributed by atoms with Crippen LogP contribution in [0.25, 0.3) is 0 Å². The fourth-order valence-corrected chi connectivity index (χ4v) is 7.56. The summed E-state index contributed by atoms with van der Waals surface area (Å²) < 4.78 is 26.7. The number of amides is 5. The second kappa shape index (κ2) is 47.1. The van der Waals surface area contributed by atoms with Crippen molar-refractivity contribution in [1.29, 1.82) is 0 Å². The second-order valence-electron chi connectivity index (χ2n) is 18.5. The van der Waals surface area contributed by atoms with E-state index in [4.69, 9.17) is 26.0 Å². The molecule has 0 aliphatic carbocycles. The van der Waals surface area contributed by atoms with Gasteiger partial charge in [0.05, 0.1) is 64.0 Å². The number of nitrogens with two attached hydrogens (primary N) is 2. The van der Waals surface area contributed by atoms with Gasteiger partial charge in [0.25, 0.3) is 17.4 Å². The number of imide groups is 1. The number of dihydropyridines is 1. The highest BCUT2D eigenvalue weighted by molar-refractivity contribution is 6.15. The standard InChI is InChI=1S/C31H42FN7O6.C10H13NO3.C7H8.2C5H10N2O2.C2H6/c1-5-19(2)26(32)10-22-9-20(12-38(34)13-21(33)7-6-8-36-29(42)17-45-18-35-3)24-14-39-27(30(24)37-22)11-23(28(41)15-40)25(16-44-4)31(39)43;12-8-4-2-1-3-7-11-9(13)5-6-10(11)14;1-7-5-3-2-4-6-7;2*1-6-4-5(9)7-2-3-8;1-2/h5,10-11,13,15,28,35,41H,1,6-9,12,14,16-18,33-34H2,2-4H3,(H,36,42);5-6,8H,1-4,7H2;2-6H,1H3;2*3,6H,2,4H2,1H3,(H,7,9);1-2H3/b21-13-,22-10+,26-19+;;;;;. The fraction of sp³-hybridized carbons (Fsp3) is 0.450. The highest BCUT2D eigenvalue weighted by Gasteiger charge is 2.33. The van der Waals surface area contributed by atoms with Gasteiger partial charge in [-0.25, -0.2) is 10.2 Å². The number of aliphatic imine (C=N–C) groups is 1. The Hall–Kier alpha value is -8.24. The van der Waals surface area contributed by atoms with Crippen LogP contribution in [0.1, 0.15) is 94.2 Å². The predicted octanol–water partition coefficient (Wildman–Crippen LogP) is 1.84. The molecule has 0 radical (unpaired) electrons. The molecule has 1 aromatic heterocycles. The molecule has 4 heterocycles. The van der Waals surface area contributed by atoms with Crippen LogP contribution in [0.4, 0.5) is 4.39 Å². The number of fused-ring (bicyclic) bond motifs is 3. The number of hydrogen-bond acceptors (Lipinski definition) is 20. The number of carbonyl (C=O) groups excluding carboxylic acids is 9. The zero-order chi connectivity index (χ0) is 64.8. The summed E-state index contributed by atoms with van der Waals surface area (Å²) in [5.41, 5.74) is 10.9. The number of carbonyl (C=O) groups is 9. The number of allylic oxidation sites excluding steroid dienone is 7. The highest BCUT2D eigenvalue weighted by Crippen LogP contribution is 2.34. The van der Waals surface area contributed by atoms with Gasteiger partial charge in [0, 0.05) is 79.5 Å². The summed E-state index contributed by atoms with van der Waals surface area (Å²) in [6.07, 6.45) is 12.2. The Balaban J connectivity index is 0.00000140. The molecule has 0 fully saturated rings. The third-order valence-electron chi connectivity index (χ3n) is 11.7. The lowest BCUT2D eigenvalue weighted by Gasteiger charge is -2.23. The topological polar surface area (TPSA) is 357 Å². The van der Waals surface area contributed by atoms with E-state index >= 15 is 0 Å². The van der Waals surface area contributed by atoms with E-state index in [2.05, 4.69) is 57.5 Å². The Kier molecular flexibility index (Phi) is 42.5. The number of unbranched alkanes of at least 4 members (excludes halogenated alkanes) is 3. The van der Waals surface area contributed by atoms with Crippen LogP contribution in [0.2, 0.25) is 0 Å². The summed E-state index contributed by atoms with van der Waals surface area (Å²) in [5.74, 6) is 4.82. The summed E-state index contributed by atoms with van der Waals surface area (Å²) in [6, 6.07) is 11.8. The molecule has 1 atom stereocenters. The molecule has 25 nitrogen and oxygen atoms in total. The van der Waals surface area contributed by atoms with E-state index in [1.807, 2.05) is 32.0 Å². The maximum atomic E-state index is 14.9. The molecule has 1 unspecified atom stereocenters. The summed E-state index contributed by atoms with van der Waals surface area (Å²) in [4.78, 5) is 115. The Labute approximate surface area is 503 Å². The number of nitrogens with zero attached hydrogens (tertiary/aromatic N) is 4. The molecule has 0 spiro atoms. The van der Waals surface area contributed by atoms with Crippen LogP contribution < -0.4 is 49.0 Å². The SMILES string of the molecule is C=C/C(C)=C(F)\C=C1/CC(CN(N)/C=C(\N)CCCNC(=O)COCNC)=C2Cn3c(cc(C(O)C=O)c(COC)c3=O)C2=N1.CC.CNCC(=O)NCC=O.CNCC(=O)NCC=O.Cc1ccccc1.O=CCCCCCN1C(=O)C=CC1=O. The van der Waals surface area contributed by atoms with E-state index in [1.165, 1.54) is 51.5 Å². The summed E-state index contributed by atoms with van der Waals surface area (Å²) >= 11 is 0. The number of likely N-dealkylation sites (N-methyl/N-ethyl adjacent to an activating group) is 2. The van der Waals surface area contributed by atoms with Crippen LogP contribution in [0.3, 0.4) is 0 Å². The quantitative estimate of drug-likeness (QED) is 0.00989. The molecular formula is C60H89FN12O13. The maximum Gasteiger partial charge on any atom is 0.257 e. The first-order valence-electron chi connectivity index (χ1n) is 27.8. The summed E-state index contributed by atoms with van der Waals surface area (Å²) in [7, 11) is 6.46. The van der Waals surface area contributed by atoms with Gasteiger partial charge < -0.3 is 75.7 Å².